The Kier molecular flexibility index (Phi) is 4.38. The molecule has 0 bridgehead atoms. The highest BCUT2D eigenvalue weighted by molar-refractivity contribution is 5.76. The summed E-state index contributed by atoms with van der Waals surface area (Å²) in [5.41, 5.74) is 7.94. The lowest BCUT2D eigenvalue weighted by Gasteiger charge is -1.98. The van der Waals surface area contributed by atoms with Gasteiger partial charge in [-0.1, -0.05) is 84.9 Å². The van der Waals surface area contributed by atoms with Gasteiger partial charge in [0.2, 0.25) is 0 Å². The van der Waals surface area contributed by atoms with Crippen molar-refractivity contribution in [2.45, 2.75) is 6.42 Å². The number of nitrogens with zero attached hydrogens (tertiary/aromatic N) is 1. The second kappa shape index (κ2) is 7.14. The molecule has 120 valence electrons. The van der Waals surface area contributed by atoms with Gasteiger partial charge in [0, 0.05) is 11.8 Å². The Hall–Kier alpha value is -3.19. The molecule has 0 amide bonds. The molecule has 25 heavy (non-hydrogen) atoms. The van der Waals surface area contributed by atoms with Crippen molar-refractivity contribution in [3.63, 3.8) is 0 Å². The second-order valence-corrected chi connectivity index (χ2v) is 6.07. The van der Waals surface area contributed by atoms with Crippen LogP contribution in [-0.2, 0) is 6.42 Å². The normalized spacial score (nSPS) is 11.0. The fraction of sp³-hybridized carbons (Fsp3) is 0.0417. The van der Waals surface area contributed by atoms with E-state index in [1.807, 2.05) is 42.6 Å². The Morgan fingerprint density at radius 3 is 1.68 bits per heavy atom. The van der Waals surface area contributed by atoms with E-state index in [1.54, 1.807) is 0 Å². The maximum Gasteiger partial charge on any atom is 0.0701 e. The van der Waals surface area contributed by atoms with E-state index in [0.717, 1.165) is 17.7 Å². The number of hydrogen-bond donors (Lipinski definition) is 0. The molecule has 1 nitrogen and oxygen atoms in total. The first-order valence-corrected chi connectivity index (χ1v) is 8.54. The first-order chi connectivity index (χ1) is 12.4. The summed E-state index contributed by atoms with van der Waals surface area (Å²) in [6.45, 7) is 0. The standard InChI is InChI=1S/C13H10.C11H9N/c1-3-7-12-10(5-1)9-11-6-2-4-8-13(11)12;1-2-6-10(7-3-1)11-8-4-5-9-12-11/h1-8H,9H2;1-9H. The van der Waals surface area contributed by atoms with Gasteiger partial charge in [0.05, 0.1) is 5.69 Å². The quantitative estimate of drug-likeness (QED) is 0.368. The summed E-state index contributed by atoms with van der Waals surface area (Å²) in [5, 5.41) is 0. The Morgan fingerprint density at radius 2 is 1.08 bits per heavy atom. The fourth-order valence-electron chi connectivity index (χ4n) is 3.22. The predicted octanol–water partition coefficient (Wildman–Crippen LogP) is 6.01. The average Bonchev–Trinajstić information content (AvgIpc) is 3.09. The molecule has 1 aliphatic rings. The molecular weight excluding hydrogens is 302 g/mol. The smallest absolute Gasteiger partial charge is 0.0701 e. The molecule has 1 aromatic heterocycles. The zero-order valence-corrected chi connectivity index (χ0v) is 14.0. The van der Waals surface area contributed by atoms with Crippen molar-refractivity contribution >= 4 is 0 Å². The lowest BCUT2D eigenvalue weighted by Crippen LogP contribution is -1.79. The van der Waals surface area contributed by atoms with Gasteiger partial charge in [-0.05, 0) is 40.8 Å². The molecule has 1 heteroatoms. The molecule has 4 aromatic rings. The van der Waals surface area contributed by atoms with Crippen molar-refractivity contribution in [1.82, 2.24) is 4.98 Å². The van der Waals surface area contributed by atoms with Gasteiger partial charge in [-0.25, -0.2) is 0 Å². The van der Waals surface area contributed by atoms with E-state index in [2.05, 4.69) is 65.6 Å². The summed E-state index contributed by atoms with van der Waals surface area (Å²) in [4.78, 5) is 4.25. The highest BCUT2D eigenvalue weighted by Gasteiger charge is 2.15. The molecule has 0 fully saturated rings. The van der Waals surface area contributed by atoms with Gasteiger partial charge in [0.25, 0.3) is 0 Å². The molecule has 0 atom stereocenters. The van der Waals surface area contributed by atoms with Gasteiger partial charge >= 0.3 is 0 Å². The molecule has 0 spiro atoms. The van der Waals surface area contributed by atoms with Gasteiger partial charge in [0.15, 0.2) is 0 Å². The van der Waals surface area contributed by atoms with Gasteiger partial charge < -0.3 is 0 Å². The van der Waals surface area contributed by atoms with Crippen molar-refractivity contribution in [2.75, 3.05) is 0 Å². The number of aromatic nitrogens is 1. The average molecular weight is 321 g/mol. The molecular formula is C24H19N. The third-order valence-electron chi connectivity index (χ3n) is 4.44. The molecule has 0 N–H and O–H groups in total. The van der Waals surface area contributed by atoms with Crippen LogP contribution in [0.3, 0.4) is 0 Å². The molecule has 0 saturated heterocycles. The van der Waals surface area contributed by atoms with Crippen LogP contribution in [0.4, 0.5) is 0 Å². The summed E-state index contributed by atoms with van der Waals surface area (Å²) < 4.78 is 0. The second-order valence-electron chi connectivity index (χ2n) is 6.07. The molecule has 0 aliphatic heterocycles. The summed E-state index contributed by atoms with van der Waals surface area (Å²) in [7, 11) is 0. The van der Waals surface area contributed by atoms with Crippen molar-refractivity contribution < 1.29 is 0 Å². The summed E-state index contributed by atoms with van der Waals surface area (Å²) in [6, 6.07) is 33.4. The Morgan fingerprint density at radius 1 is 0.520 bits per heavy atom. The van der Waals surface area contributed by atoms with Crippen molar-refractivity contribution in [2.24, 2.45) is 0 Å². The van der Waals surface area contributed by atoms with Crippen LogP contribution in [0.2, 0.25) is 0 Å². The van der Waals surface area contributed by atoms with E-state index >= 15 is 0 Å². The first kappa shape index (κ1) is 15.3. The van der Waals surface area contributed by atoms with E-state index in [-0.39, 0.29) is 0 Å². The molecule has 5 rings (SSSR count). The van der Waals surface area contributed by atoms with Crippen LogP contribution in [0.25, 0.3) is 22.4 Å². The molecule has 1 aliphatic carbocycles. The summed E-state index contributed by atoms with van der Waals surface area (Å²) in [6.07, 6.45) is 2.91. The monoisotopic (exact) mass is 321 g/mol. The SMILES string of the molecule is c1ccc(-c2ccccn2)cc1.c1ccc2c(c1)Cc1ccccc1-2. The van der Waals surface area contributed by atoms with Crippen LogP contribution in [0.1, 0.15) is 11.1 Å². The van der Waals surface area contributed by atoms with Crippen molar-refractivity contribution in [3.05, 3.63) is 114 Å². The Labute approximate surface area is 148 Å². The third-order valence-corrected chi connectivity index (χ3v) is 4.44. The molecule has 3 aromatic carbocycles. The first-order valence-electron chi connectivity index (χ1n) is 8.54. The maximum atomic E-state index is 4.25. The van der Waals surface area contributed by atoms with Crippen LogP contribution in [0.15, 0.2) is 103 Å². The van der Waals surface area contributed by atoms with Crippen LogP contribution in [-0.4, -0.2) is 4.98 Å². The number of pyridine rings is 1. The van der Waals surface area contributed by atoms with Gasteiger partial charge in [0.1, 0.15) is 0 Å². The minimum Gasteiger partial charge on any atom is -0.256 e. The van der Waals surface area contributed by atoms with E-state index in [9.17, 15) is 0 Å². The minimum absolute atomic E-state index is 1.03. The summed E-state index contributed by atoms with van der Waals surface area (Å²) >= 11 is 0. The Bertz CT molecular complexity index is 878. The lowest BCUT2D eigenvalue weighted by molar-refractivity contribution is 1.26. The van der Waals surface area contributed by atoms with E-state index < -0.39 is 0 Å². The Balaban J connectivity index is 0.000000126. The lowest BCUT2D eigenvalue weighted by atomic mass is 10.1. The minimum atomic E-state index is 1.03. The van der Waals surface area contributed by atoms with E-state index in [0.29, 0.717) is 0 Å². The number of benzene rings is 3. The van der Waals surface area contributed by atoms with Crippen molar-refractivity contribution in [1.29, 1.82) is 0 Å². The predicted molar refractivity (Wildman–Crippen MR) is 104 cm³/mol. The molecule has 0 radical (unpaired) electrons. The van der Waals surface area contributed by atoms with Crippen molar-refractivity contribution in [3.8, 4) is 22.4 Å². The molecule has 0 saturated carbocycles. The van der Waals surface area contributed by atoms with Gasteiger partial charge in [-0.3, -0.25) is 4.98 Å². The van der Waals surface area contributed by atoms with E-state index in [1.165, 1.54) is 22.3 Å². The van der Waals surface area contributed by atoms with Crippen LogP contribution >= 0.6 is 0 Å². The number of rotatable bonds is 1. The molecule has 1 heterocycles. The van der Waals surface area contributed by atoms with Gasteiger partial charge in [-0.2, -0.15) is 0 Å². The van der Waals surface area contributed by atoms with Gasteiger partial charge in [-0.15, -0.1) is 0 Å². The zero-order chi connectivity index (χ0) is 16.9. The zero-order valence-electron chi connectivity index (χ0n) is 14.0. The largest absolute Gasteiger partial charge is 0.256 e. The molecule has 0 unspecified atom stereocenters. The maximum absolute atomic E-state index is 4.25. The fourth-order valence-corrected chi connectivity index (χ4v) is 3.22. The highest BCUT2D eigenvalue weighted by atomic mass is 14.7. The topological polar surface area (TPSA) is 12.9 Å². The van der Waals surface area contributed by atoms with Crippen LogP contribution in [0, 0.1) is 0 Å². The number of fused-ring (bicyclic) bond motifs is 3. The van der Waals surface area contributed by atoms with Crippen LogP contribution in [0.5, 0.6) is 0 Å². The summed E-state index contributed by atoms with van der Waals surface area (Å²) in [5.74, 6) is 0. The van der Waals surface area contributed by atoms with Crippen LogP contribution < -0.4 is 0 Å². The third kappa shape index (κ3) is 3.36. The number of hydrogen-bond acceptors (Lipinski definition) is 1. The van der Waals surface area contributed by atoms with E-state index in [4.69, 9.17) is 0 Å². The highest BCUT2D eigenvalue weighted by Crippen LogP contribution is 2.35.